The number of hydrogen-bond donors (Lipinski definition) is 2. The van der Waals surface area contributed by atoms with E-state index in [4.69, 9.17) is 21.1 Å². The number of carboxylic acids is 1. The van der Waals surface area contributed by atoms with Crippen LogP contribution in [-0.4, -0.2) is 27.6 Å². The van der Waals surface area contributed by atoms with Gasteiger partial charge in [-0.15, -0.1) is 0 Å². The zero-order valence-electron chi connectivity index (χ0n) is 17.5. The Bertz CT molecular complexity index is 1160. The molecule has 0 unspecified atom stereocenters. The number of halogens is 1. The molecule has 0 amide bonds. The van der Waals surface area contributed by atoms with Crippen molar-refractivity contribution >= 4 is 23.3 Å². The zero-order valence-corrected chi connectivity index (χ0v) is 18.2. The summed E-state index contributed by atoms with van der Waals surface area (Å²) < 4.78 is 12.2. The number of hydrogen-bond acceptors (Lipinski definition) is 6. The number of anilines is 1. The molecular weight excluding hydrogens is 434 g/mol. The van der Waals surface area contributed by atoms with Crippen LogP contribution in [0.5, 0.6) is 11.5 Å². The minimum Gasteiger partial charge on any atom is -0.481 e. The highest BCUT2D eigenvalue weighted by atomic mass is 35.5. The number of aromatic nitrogens is 2. The van der Waals surface area contributed by atoms with Crippen molar-refractivity contribution in [1.29, 1.82) is 0 Å². The van der Waals surface area contributed by atoms with Gasteiger partial charge in [0.05, 0.1) is 22.8 Å². The van der Waals surface area contributed by atoms with Gasteiger partial charge in [0.2, 0.25) is 6.79 Å². The largest absolute Gasteiger partial charge is 0.481 e. The molecule has 2 aromatic rings. The SMILES string of the molecule is O=C(O)C12C[C@@H]3C[C@@H](C1)CC(n1ncc(NCc4ccc5c(c4)OCO5)c(Cl)c1=O)(C3)C2. The molecular formula is C23H24ClN3O5. The summed E-state index contributed by atoms with van der Waals surface area (Å²) in [6.07, 6.45) is 6.10. The van der Waals surface area contributed by atoms with Crippen molar-refractivity contribution in [3.8, 4) is 11.5 Å². The third-order valence-corrected chi connectivity index (χ3v) is 8.14. The number of nitrogens with zero attached hydrogens (tertiary/aromatic N) is 2. The second-order valence-corrected chi connectivity index (χ2v) is 10.3. The number of aliphatic carboxylic acids is 1. The van der Waals surface area contributed by atoms with Gasteiger partial charge in [-0.25, -0.2) is 4.68 Å². The van der Waals surface area contributed by atoms with Crippen molar-refractivity contribution in [2.45, 2.75) is 50.6 Å². The monoisotopic (exact) mass is 457 g/mol. The van der Waals surface area contributed by atoms with Gasteiger partial charge < -0.3 is 19.9 Å². The lowest BCUT2D eigenvalue weighted by atomic mass is 9.47. The van der Waals surface area contributed by atoms with E-state index in [1.807, 2.05) is 18.2 Å². The minimum atomic E-state index is -0.742. The average molecular weight is 458 g/mol. The molecule has 0 saturated heterocycles. The molecule has 1 aromatic heterocycles. The first-order chi connectivity index (χ1) is 15.4. The lowest BCUT2D eigenvalue weighted by Gasteiger charge is -2.60. The Labute approximate surface area is 189 Å². The summed E-state index contributed by atoms with van der Waals surface area (Å²) in [6, 6.07) is 5.66. The number of nitrogens with one attached hydrogen (secondary N) is 1. The summed E-state index contributed by atoms with van der Waals surface area (Å²) in [4.78, 5) is 25.5. The zero-order chi connectivity index (χ0) is 22.1. The minimum absolute atomic E-state index is 0.0841. The van der Waals surface area contributed by atoms with Gasteiger partial charge in [-0.3, -0.25) is 9.59 Å². The number of carboxylic acid groups (broad SMARTS) is 1. The summed E-state index contributed by atoms with van der Waals surface area (Å²) in [5.41, 5.74) is -0.236. The molecule has 0 spiro atoms. The van der Waals surface area contributed by atoms with Crippen LogP contribution >= 0.6 is 11.6 Å². The molecule has 4 saturated carbocycles. The highest BCUT2D eigenvalue weighted by Crippen LogP contribution is 2.63. The number of rotatable bonds is 5. The van der Waals surface area contributed by atoms with Crippen LogP contribution in [0, 0.1) is 17.3 Å². The van der Waals surface area contributed by atoms with Gasteiger partial charge in [0.15, 0.2) is 11.5 Å². The molecule has 168 valence electrons. The van der Waals surface area contributed by atoms with E-state index in [2.05, 4.69) is 10.4 Å². The van der Waals surface area contributed by atoms with Crippen LogP contribution in [-0.2, 0) is 16.9 Å². The van der Waals surface area contributed by atoms with Gasteiger partial charge in [-0.1, -0.05) is 17.7 Å². The van der Waals surface area contributed by atoms with Crippen LogP contribution < -0.4 is 20.3 Å². The van der Waals surface area contributed by atoms with E-state index in [0.29, 0.717) is 54.8 Å². The van der Waals surface area contributed by atoms with Crippen LogP contribution in [0.3, 0.4) is 0 Å². The first-order valence-corrected chi connectivity index (χ1v) is 11.4. The van der Waals surface area contributed by atoms with Crippen molar-refractivity contribution in [2.24, 2.45) is 17.3 Å². The smallest absolute Gasteiger partial charge is 0.309 e. The molecule has 1 aromatic carbocycles. The fourth-order valence-corrected chi connectivity index (χ4v) is 7.05. The molecule has 32 heavy (non-hydrogen) atoms. The number of ether oxygens (including phenoxy) is 2. The molecule has 0 radical (unpaired) electrons. The van der Waals surface area contributed by atoms with Crippen LogP contribution in [0.2, 0.25) is 5.02 Å². The van der Waals surface area contributed by atoms with Gasteiger partial charge >= 0.3 is 5.97 Å². The maximum Gasteiger partial charge on any atom is 0.309 e. The van der Waals surface area contributed by atoms with Crippen molar-refractivity contribution in [3.05, 3.63) is 45.3 Å². The Kier molecular flexibility index (Phi) is 4.28. The van der Waals surface area contributed by atoms with E-state index in [9.17, 15) is 14.7 Å². The Morgan fingerprint density at radius 2 is 1.97 bits per heavy atom. The first-order valence-electron chi connectivity index (χ1n) is 11.0. The van der Waals surface area contributed by atoms with E-state index in [-0.39, 0.29) is 17.4 Å². The highest BCUT2D eigenvalue weighted by molar-refractivity contribution is 6.32. The fourth-order valence-electron chi connectivity index (χ4n) is 6.85. The van der Waals surface area contributed by atoms with Crippen molar-refractivity contribution in [1.82, 2.24) is 9.78 Å². The van der Waals surface area contributed by atoms with E-state index in [0.717, 1.165) is 24.8 Å². The molecule has 4 fully saturated rings. The number of carbonyl (C=O) groups is 1. The molecule has 9 heteroatoms. The predicted octanol–water partition coefficient (Wildman–Crippen LogP) is 3.62. The van der Waals surface area contributed by atoms with Crippen LogP contribution in [0.25, 0.3) is 0 Å². The first kappa shape index (κ1) is 19.9. The maximum absolute atomic E-state index is 13.3. The standard InChI is InChI=1S/C23H24ClN3O5/c24-19-16(25-9-13-1-2-17-18(4-13)32-12-31-17)10-26-27(20(19)28)23-7-14-3-15(8-23)6-22(5-14,11-23)21(29)30/h1-2,4,10,14-15,25H,3,5-9,11-12H2,(H,29,30)/t14-,15-,22?,23?/m0/s1. The number of fused-ring (bicyclic) bond motifs is 1. The topological polar surface area (TPSA) is 103 Å². The van der Waals surface area contributed by atoms with E-state index >= 15 is 0 Å². The van der Waals surface area contributed by atoms with Crippen LogP contribution in [0.15, 0.2) is 29.2 Å². The molecule has 2 heterocycles. The van der Waals surface area contributed by atoms with Crippen molar-refractivity contribution < 1.29 is 19.4 Å². The predicted molar refractivity (Wildman–Crippen MR) is 116 cm³/mol. The van der Waals surface area contributed by atoms with E-state index in [1.165, 1.54) is 4.68 Å². The van der Waals surface area contributed by atoms with Crippen LogP contribution in [0.4, 0.5) is 5.69 Å². The molecule has 2 N–H and O–H groups in total. The summed E-state index contributed by atoms with van der Waals surface area (Å²) in [7, 11) is 0. The molecule has 8 nitrogen and oxygen atoms in total. The second kappa shape index (κ2) is 6.88. The fraction of sp³-hybridized carbons (Fsp3) is 0.522. The molecule has 7 rings (SSSR count). The quantitative estimate of drug-likeness (QED) is 0.706. The Hall–Kier alpha value is -2.74. The van der Waals surface area contributed by atoms with Gasteiger partial charge in [-0.2, -0.15) is 5.10 Å². The van der Waals surface area contributed by atoms with E-state index < -0.39 is 16.9 Å². The molecule has 4 aliphatic carbocycles. The molecule has 4 bridgehead atoms. The maximum atomic E-state index is 13.3. The second-order valence-electron chi connectivity index (χ2n) is 9.90. The summed E-state index contributed by atoms with van der Waals surface area (Å²) >= 11 is 6.50. The highest BCUT2D eigenvalue weighted by Gasteiger charge is 2.62. The van der Waals surface area contributed by atoms with E-state index in [1.54, 1.807) is 6.20 Å². The lowest BCUT2D eigenvalue weighted by molar-refractivity contribution is -0.173. The summed E-state index contributed by atoms with van der Waals surface area (Å²) in [5.74, 6) is 1.31. The third kappa shape index (κ3) is 2.92. The average Bonchev–Trinajstić information content (AvgIpc) is 3.21. The van der Waals surface area contributed by atoms with Gasteiger partial charge in [0, 0.05) is 6.54 Å². The Morgan fingerprint density at radius 3 is 2.72 bits per heavy atom. The Balaban J connectivity index is 1.28. The molecule has 5 aliphatic rings. The van der Waals surface area contributed by atoms with Gasteiger partial charge in [0.1, 0.15) is 5.02 Å². The third-order valence-electron chi connectivity index (χ3n) is 7.77. The van der Waals surface area contributed by atoms with Gasteiger partial charge in [-0.05, 0) is 68.1 Å². The lowest BCUT2D eigenvalue weighted by Crippen LogP contribution is -2.61. The van der Waals surface area contributed by atoms with Gasteiger partial charge in [0.25, 0.3) is 5.56 Å². The Morgan fingerprint density at radius 1 is 1.22 bits per heavy atom. The summed E-state index contributed by atoms with van der Waals surface area (Å²) in [6.45, 7) is 0.658. The number of benzene rings is 1. The van der Waals surface area contributed by atoms with Crippen molar-refractivity contribution in [3.63, 3.8) is 0 Å². The van der Waals surface area contributed by atoms with Crippen LogP contribution in [0.1, 0.15) is 44.1 Å². The normalized spacial score (nSPS) is 31.7. The molecule has 1 aliphatic heterocycles. The van der Waals surface area contributed by atoms with Crippen molar-refractivity contribution in [2.75, 3.05) is 12.1 Å². The summed E-state index contributed by atoms with van der Waals surface area (Å²) in [5, 5.41) is 17.8. The molecule has 2 atom stereocenters.